The highest BCUT2D eigenvalue weighted by Crippen LogP contribution is 2.12. The predicted octanol–water partition coefficient (Wildman–Crippen LogP) is 1.79. The SMILES string of the molecule is NC(=O)[C@@H](Cc1ccccc1)NC(=O)c1cccc(F)c1F. The van der Waals surface area contributed by atoms with Crippen molar-refractivity contribution >= 4 is 11.8 Å². The van der Waals surface area contributed by atoms with Gasteiger partial charge in [0.05, 0.1) is 5.56 Å². The maximum atomic E-state index is 13.6. The first kappa shape index (κ1) is 15.6. The first-order valence-electron chi connectivity index (χ1n) is 6.57. The van der Waals surface area contributed by atoms with Gasteiger partial charge in [-0.3, -0.25) is 9.59 Å². The van der Waals surface area contributed by atoms with E-state index in [0.29, 0.717) is 0 Å². The van der Waals surface area contributed by atoms with Crippen molar-refractivity contribution in [2.45, 2.75) is 12.5 Å². The summed E-state index contributed by atoms with van der Waals surface area (Å²) in [5.41, 5.74) is 5.57. The fourth-order valence-corrected chi connectivity index (χ4v) is 1.99. The van der Waals surface area contributed by atoms with Gasteiger partial charge >= 0.3 is 0 Å². The quantitative estimate of drug-likeness (QED) is 0.884. The van der Waals surface area contributed by atoms with Crippen LogP contribution in [0.2, 0.25) is 0 Å². The van der Waals surface area contributed by atoms with Crippen molar-refractivity contribution in [2.24, 2.45) is 5.73 Å². The van der Waals surface area contributed by atoms with Crippen LogP contribution in [0.5, 0.6) is 0 Å². The number of amides is 2. The molecule has 0 saturated carbocycles. The van der Waals surface area contributed by atoms with Crippen molar-refractivity contribution in [3.63, 3.8) is 0 Å². The monoisotopic (exact) mass is 304 g/mol. The number of hydrogen-bond donors (Lipinski definition) is 2. The maximum Gasteiger partial charge on any atom is 0.255 e. The van der Waals surface area contributed by atoms with Crippen molar-refractivity contribution in [3.05, 3.63) is 71.3 Å². The summed E-state index contributed by atoms with van der Waals surface area (Å²) in [5, 5.41) is 2.33. The van der Waals surface area contributed by atoms with Crippen LogP contribution in [0.15, 0.2) is 48.5 Å². The molecule has 0 heterocycles. The molecule has 4 nitrogen and oxygen atoms in total. The van der Waals surface area contributed by atoms with Gasteiger partial charge in [-0.25, -0.2) is 8.78 Å². The number of benzene rings is 2. The van der Waals surface area contributed by atoms with Gasteiger partial charge in [0.15, 0.2) is 11.6 Å². The highest BCUT2D eigenvalue weighted by Gasteiger charge is 2.22. The fraction of sp³-hybridized carbons (Fsp3) is 0.125. The summed E-state index contributed by atoms with van der Waals surface area (Å²) in [6.07, 6.45) is 0.166. The molecule has 0 bridgehead atoms. The second-order valence-electron chi connectivity index (χ2n) is 4.72. The van der Waals surface area contributed by atoms with Crippen LogP contribution in [0.3, 0.4) is 0 Å². The summed E-state index contributed by atoms with van der Waals surface area (Å²) < 4.78 is 26.7. The lowest BCUT2D eigenvalue weighted by Crippen LogP contribution is -2.46. The number of rotatable bonds is 5. The van der Waals surface area contributed by atoms with E-state index < -0.39 is 35.1 Å². The smallest absolute Gasteiger partial charge is 0.255 e. The Balaban J connectivity index is 2.16. The van der Waals surface area contributed by atoms with Crippen LogP contribution in [-0.4, -0.2) is 17.9 Å². The van der Waals surface area contributed by atoms with E-state index in [4.69, 9.17) is 5.73 Å². The van der Waals surface area contributed by atoms with E-state index in [1.165, 1.54) is 6.07 Å². The van der Waals surface area contributed by atoms with Crippen molar-refractivity contribution in [2.75, 3.05) is 0 Å². The number of halogens is 2. The minimum atomic E-state index is -1.26. The van der Waals surface area contributed by atoms with Gasteiger partial charge in [0, 0.05) is 6.42 Å². The minimum absolute atomic E-state index is 0.166. The first-order valence-corrected chi connectivity index (χ1v) is 6.57. The molecule has 3 N–H and O–H groups in total. The molecule has 0 aliphatic rings. The van der Waals surface area contributed by atoms with Gasteiger partial charge in [-0.05, 0) is 17.7 Å². The molecule has 2 amide bonds. The van der Waals surface area contributed by atoms with Crippen LogP contribution in [-0.2, 0) is 11.2 Å². The zero-order chi connectivity index (χ0) is 16.1. The predicted molar refractivity (Wildman–Crippen MR) is 77.0 cm³/mol. The Morgan fingerprint density at radius 1 is 1.05 bits per heavy atom. The van der Waals surface area contributed by atoms with Crippen molar-refractivity contribution in [1.82, 2.24) is 5.32 Å². The Labute approximate surface area is 125 Å². The van der Waals surface area contributed by atoms with Crippen LogP contribution >= 0.6 is 0 Å². The molecule has 0 unspecified atom stereocenters. The van der Waals surface area contributed by atoms with Crippen molar-refractivity contribution in [3.8, 4) is 0 Å². The largest absolute Gasteiger partial charge is 0.368 e. The molecule has 2 aromatic rings. The van der Waals surface area contributed by atoms with Gasteiger partial charge in [0.1, 0.15) is 6.04 Å². The highest BCUT2D eigenvalue weighted by molar-refractivity contribution is 5.97. The van der Waals surface area contributed by atoms with Crippen LogP contribution in [0.1, 0.15) is 15.9 Å². The second kappa shape index (κ2) is 6.80. The van der Waals surface area contributed by atoms with E-state index in [1.54, 1.807) is 24.3 Å². The summed E-state index contributed by atoms with van der Waals surface area (Å²) in [6, 6.07) is 11.1. The molecule has 0 aliphatic heterocycles. The number of carbonyl (C=O) groups is 2. The second-order valence-corrected chi connectivity index (χ2v) is 4.72. The van der Waals surface area contributed by atoms with Crippen LogP contribution in [0.4, 0.5) is 8.78 Å². The summed E-state index contributed by atoms with van der Waals surface area (Å²) in [5.74, 6) is -4.04. The zero-order valence-electron chi connectivity index (χ0n) is 11.6. The fourth-order valence-electron chi connectivity index (χ4n) is 1.99. The van der Waals surface area contributed by atoms with Crippen molar-refractivity contribution in [1.29, 1.82) is 0 Å². The third-order valence-corrected chi connectivity index (χ3v) is 3.13. The molecule has 2 rings (SSSR count). The highest BCUT2D eigenvalue weighted by atomic mass is 19.2. The van der Waals surface area contributed by atoms with Crippen molar-refractivity contribution < 1.29 is 18.4 Å². The Morgan fingerprint density at radius 3 is 2.36 bits per heavy atom. The lowest BCUT2D eigenvalue weighted by molar-refractivity contribution is -0.119. The Bertz CT molecular complexity index is 690. The molecule has 0 radical (unpaired) electrons. The molecule has 0 aliphatic carbocycles. The summed E-state index contributed by atoms with van der Waals surface area (Å²) >= 11 is 0. The molecule has 0 aromatic heterocycles. The number of nitrogens with one attached hydrogen (secondary N) is 1. The molecule has 6 heteroatoms. The molecule has 1 atom stereocenters. The van der Waals surface area contributed by atoms with Gasteiger partial charge in [0.2, 0.25) is 5.91 Å². The topological polar surface area (TPSA) is 72.2 Å². The average molecular weight is 304 g/mol. The third kappa shape index (κ3) is 3.66. The molecular formula is C16H14F2N2O2. The van der Waals surface area contributed by atoms with E-state index in [0.717, 1.165) is 17.7 Å². The maximum absolute atomic E-state index is 13.6. The zero-order valence-corrected chi connectivity index (χ0v) is 11.6. The van der Waals surface area contributed by atoms with Crippen LogP contribution < -0.4 is 11.1 Å². The summed E-state index contributed by atoms with van der Waals surface area (Å²) in [7, 11) is 0. The molecule has 2 aromatic carbocycles. The van der Waals surface area contributed by atoms with Gasteiger partial charge in [-0.15, -0.1) is 0 Å². The van der Waals surface area contributed by atoms with Gasteiger partial charge in [-0.1, -0.05) is 36.4 Å². The Morgan fingerprint density at radius 2 is 1.73 bits per heavy atom. The van der Waals surface area contributed by atoms with Crippen LogP contribution in [0.25, 0.3) is 0 Å². The van der Waals surface area contributed by atoms with Gasteiger partial charge < -0.3 is 11.1 Å². The Kier molecular flexibility index (Phi) is 4.83. The first-order chi connectivity index (χ1) is 10.5. The standard InChI is InChI=1S/C16H14F2N2O2/c17-12-8-4-7-11(14(12)18)16(22)20-13(15(19)21)9-10-5-2-1-3-6-10/h1-8,13H,9H2,(H2,19,21)(H,20,22)/t13-/m1/s1. The molecule has 114 valence electrons. The van der Waals surface area contributed by atoms with E-state index in [9.17, 15) is 18.4 Å². The number of primary amides is 1. The molecule has 0 spiro atoms. The minimum Gasteiger partial charge on any atom is -0.368 e. The van der Waals surface area contributed by atoms with E-state index >= 15 is 0 Å². The van der Waals surface area contributed by atoms with Crippen LogP contribution in [0, 0.1) is 11.6 Å². The molecular weight excluding hydrogens is 290 g/mol. The van der Waals surface area contributed by atoms with Gasteiger partial charge in [-0.2, -0.15) is 0 Å². The van der Waals surface area contributed by atoms with E-state index in [2.05, 4.69) is 5.32 Å². The lowest BCUT2D eigenvalue weighted by Gasteiger charge is -2.16. The number of carbonyl (C=O) groups excluding carboxylic acids is 2. The summed E-state index contributed by atoms with van der Waals surface area (Å²) in [6.45, 7) is 0. The number of hydrogen-bond acceptors (Lipinski definition) is 2. The summed E-state index contributed by atoms with van der Waals surface area (Å²) in [4.78, 5) is 23.5. The van der Waals surface area contributed by atoms with Gasteiger partial charge in [0.25, 0.3) is 5.91 Å². The lowest BCUT2D eigenvalue weighted by atomic mass is 10.0. The Hall–Kier alpha value is -2.76. The third-order valence-electron chi connectivity index (χ3n) is 3.13. The number of nitrogens with two attached hydrogens (primary N) is 1. The average Bonchev–Trinajstić information content (AvgIpc) is 2.50. The molecule has 0 saturated heterocycles. The normalized spacial score (nSPS) is 11.7. The molecule has 22 heavy (non-hydrogen) atoms. The van der Waals surface area contributed by atoms with E-state index in [1.807, 2.05) is 6.07 Å². The molecule has 0 fully saturated rings. The van der Waals surface area contributed by atoms with E-state index in [-0.39, 0.29) is 6.42 Å².